The quantitative estimate of drug-likeness (QED) is 0.675. The number of alkyl halides is 1. The normalized spacial score (nSPS) is 34.2. The Morgan fingerprint density at radius 2 is 2.33 bits per heavy atom. The highest BCUT2D eigenvalue weighted by atomic mass is 19.1. The van der Waals surface area contributed by atoms with Crippen LogP contribution in [-0.2, 0) is 4.74 Å². The zero-order valence-electron chi connectivity index (χ0n) is 7.31. The van der Waals surface area contributed by atoms with E-state index in [1.54, 1.807) is 0 Å². The van der Waals surface area contributed by atoms with Gasteiger partial charge in [-0.2, -0.15) is 0 Å². The molecular formula is C9H16FNO. The molecule has 12 heavy (non-hydrogen) atoms. The first-order valence-corrected chi connectivity index (χ1v) is 4.76. The third kappa shape index (κ3) is 1.77. The molecule has 70 valence electrons. The topological polar surface area (TPSA) is 21.3 Å². The summed E-state index contributed by atoms with van der Waals surface area (Å²) in [7, 11) is 0. The maximum atomic E-state index is 13.6. The molecule has 2 aliphatic rings. The number of nitrogens with one attached hydrogen (secondary N) is 1. The highest BCUT2D eigenvalue weighted by molar-refractivity contribution is 4.94. The molecule has 2 nitrogen and oxygen atoms in total. The zero-order valence-corrected chi connectivity index (χ0v) is 7.31. The second kappa shape index (κ2) is 3.30. The largest absolute Gasteiger partial charge is 0.381 e. The predicted octanol–water partition coefficient (Wildman–Crippen LogP) is 1.11. The van der Waals surface area contributed by atoms with Gasteiger partial charge in [0.25, 0.3) is 0 Å². The minimum atomic E-state index is -0.911. The van der Waals surface area contributed by atoms with Gasteiger partial charge < -0.3 is 10.1 Å². The Hall–Kier alpha value is -0.150. The lowest BCUT2D eigenvalue weighted by atomic mass is 9.85. The van der Waals surface area contributed by atoms with Crippen molar-refractivity contribution in [3.63, 3.8) is 0 Å². The molecular weight excluding hydrogens is 157 g/mol. The summed E-state index contributed by atoms with van der Waals surface area (Å²) in [4.78, 5) is 0. The maximum Gasteiger partial charge on any atom is 0.136 e. The van der Waals surface area contributed by atoms with E-state index in [4.69, 9.17) is 4.74 Å². The molecule has 2 fully saturated rings. The van der Waals surface area contributed by atoms with Crippen LogP contribution in [0.2, 0.25) is 0 Å². The van der Waals surface area contributed by atoms with Crippen LogP contribution in [-0.4, -0.2) is 32.0 Å². The minimum Gasteiger partial charge on any atom is -0.381 e. The third-order valence-corrected chi connectivity index (χ3v) is 2.79. The van der Waals surface area contributed by atoms with Crippen molar-refractivity contribution < 1.29 is 9.13 Å². The van der Waals surface area contributed by atoms with Crippen LogP contribution in [0, 0.1) is 5.92 Å². The van der Waals surface area contributed by atoms with Crippen LogP contribution in [0.5, 0.6) is 0 Å². The number of hydrogen-bond acceptors (Lipinski definition) is 2. The number of hydrogen-bond donors (Lipinski definition) is 1. The van der Waals surface area contributed by atoms with E-state index in [0.717, 1.165) is 26.1 Å². The standard InChI is InChI=1S/C9H16FNO/c10-9(6-11-7-9)4-8-2-1-3-12-5-8/h8,11H,1-7H2/t8-/m1/s1. The van der Waals surface area contributed by atoms with Gasteiger partial charge in [0.1, 0.15) is 5.67 Å². The molecule has 0 bridgehead atoms. The first-order valence-electron chi connectivity index (χ1n) is 4.76. The first kappa shape index (κ1) is 8.45. The van der Waals surface area contributed by atoms with Crippen LogP contribution in [0.4, 0.5) is 4.39 Å². The van der Waals surface area contributed by atoms with E-state index in [1.807, 2.05) is 0 Å². The highest BCUT2D eigenvalue weighted by Crippen LogP contribution is 2.29. The van der Waals surface area contributed by atoms with Crippen molar-refractivity contribution in [1.29, 1.82) is 0 Å². The van der Waals surface area contributed by atoms with Gasteiger partial charge in [0.15, 0.2) is 0 Å². The number of halogens is 1. The third-order valence-electron chi connectivity index (χ3n) is 2.79. The minimum absolute atomic E-state index is 0.464. The highest BCUT2D eigenvalue weighted by Gasteiger charge is 2.39. The van der Waals surface area contributed by atoms with Crippen molar-refractivity contribution in [3.05, 3.63) is 0 Å². The van der Waals surface area contributed by atoms with Crippen LogP contribution < -0.4 is 5.32 Å². The van der Waals surface area contributed by atoms with Crippen LogP contribution in [0.1, 0.15) is 19.3 Å². The lowest BCUT2D eigenvalue weighted by molar-refractivity contribution is 0.00117. The fourth-order valence-corrected chi connectivity index (χ4v) is 2.03. The van der Waals surface area contributed by atoms with Gasteiger partial charge in [-0.25, -0.2) is 4.39 Å². The molecule has 2 aliphatic heterocycles. The summed E-state index contributed by atoms with van der Waals surface area (Å²) < 4.78 is 18.9. The monoisotopic (exact) mass is 173 g/mol. The van der Waals surface area contributed by atoms with Crippen molar-refractivity contribution in [2.75, 3.05) is 26.3 Å². The van der Waals surface area contributed by atoms with E-state index in [-0.39, 0.29) is 0 Å². The Morgan fingerprint density at radius 3 is 2.83 bits per heavy atom. The summed E-state index contributed by atoms with van der Waals surface area (Å²) in [6, 6.07) is 0. The summed E-state index contributed by atoms with van der Waals surface area (Å²) in [6.45, 7) is 2.73. The summed E-state index contributed by atoms with van der Waals surface area (Å²) in [5.41, 5.74) is -0.911. The Morgan fingerprint density at radius 1 is 1.50 bits per heavy atom. The zero-order chi connectivity index (χ0) is 8.44. The van der Waals surface area contributed by atoms with Gasteiger partial charge in [0.05, 0.1) is 0 Å². The van der Waals surface area contributed by atoms with Crippen LogP contribution in [0.15, 0.2) is 0 Å². The molecule has 0 aromatic rings. The molecule has 1 atom stereocenters. The van der Waals surface area contributed by atoms with Crippen LogP contribution in [0.25, 0.3) is 0 Å². The molecule has 0 radical (unpaired) electrons. The van der Waals surface area contributed by atoms with Gasteiger partial charge in [-0.05, 0) is 25.2 Å². The van der Waals surface area contributed by atoms with E-state index < -0.39 is 5.67 Å². The average Bonchev–Trinajstić information content (AvgIpc) is 2.04. The van der Waals surface area contributed by atoms with Gasteiger partial charge in [-0.15, -0.1) is 0 Å². The maximum absolute atomic E-state index is 13.6. The van der Waals surface area contributed by atoms with E-state index in [9.17, 15) is 4.39 Å². The fourth-order valence-electron chi connectivity index (χ4n) is 2.03. The Balaban J connectivity index is 1.77. The van der Waals surface area contributed by atoms with Gasteiger partial charge in [0.2, 0.25) is 0 Å². The summed E-state index contributed by atoms with van der Waals surface area (Å²) in [6.07, 6.45) is 2.94. The molecule has 2 heterocycles. The molecule has 0 unspecified atom stereocenters. The van der Waals surface area contributed by atoms with Crippen molar-refractivity contribution in [3.8, 4) is 0 Å². The van der Waals surface area contributed by atoms with Crippen LogP contribution >= 0.6 is 0 Å². The second-order valence-electron chi connectivity index (χ2n) is 4.04. The van der Waals surface area contributed by atoms with Crippen LogP contribution in [0.3, 0.4) is 0 Å². The molecule has 0 amide bonds. The molecule has 2 saturated heterocycles. The SMILES string of the molecule is FC1(C[C@H]2CCCOC2)CNC1. The van der Waals surface area contributed by atoms with Gasteiger partial charge in [-0.1, -0.05) is 0 Å². The van der Waals surface area contributed by atoms with Gasteiger partial charge in [0, 0.05) is 26.3 Å². The molecule has 0 aromatic heterocycles. The lowest BCUT2D eigenvalue weighted by Gasteiger charge is -2.38. The molecule has 1 N–H and O–H groups in total. The molecule has 0 aromatic carbocycles. The van der Waals surface area contributed by atoms with Gasteiger partial charge in [-0.3, -0.25) is 0 Å². The summed E-state index contributed by atoms with van der Waals surface area (Å²) >= 11 is 0. The lowest BCUT2D eigenvalue weighted by Crippen LogP contribution is -2.57. The van der Waals surface area contributed by atoms with Gasteiger partial charge >= 0.3 is 0 Å². The summed E-state index contributed by atoms with van der Waals surface area (Å²) in [5.74, 6) is 0.464. The Labute approximate surface area is 72.5 Å². The fraction of sp³-hybridized carbons (Fsp3) is 1.00. The number of ether oxygens (including phenoxy) is 1. The molecule has 0 spiro atoms. The average molecular weight is 173 g/mol. The molecule has 0 saturated carbocycles. The first-order chi connectivity index (χ1) is 5.79. The van der Waals surface area contributed by atoms with Crippen molar-refractivity contribution in [1.82, 2.24) is 5.32 Å². The van der Waals surface area contributed by atoms with Crippen molar-refractivity contribution in [2.45, 2.75) is 24.9 Å². The van der Waals surface area contributed by atoms with E-state index >= 15 is 0 Å². The Bertz CT molecular complexity index is 153. The molecule has 2 rings (SSSR count). The Kier molecular flexibility index (Phi) is 2.33. The van der Waals surface area contributed by atoms with Crippen molar-refractivity contribution in [2.24, 2.45) is 5.92 Å². The molecule has 0 aliphatic carbocycles. The van der Waals surface area contributed by atoms with E-state index in [0.29, 0.717) is 25.4 Å². The predicted molar refractivity (Wildman–Crippen MR) is 44.9 cm³/mol. The summed E-state index contributed by atoms with van der Waals surface area (Å²) in [5, 5.41) is 2.98. The number of rotatable bonds is 2. The van der Waals surface area contributed by atoms with E-state index in [1.165, 1.54) is 0 Å². The smallest absolute Gasteiger partial charge is 0.136 e. The second-order valence-corrected chi connectivity index (χ2v) is 4.04. The van der Waals surface area contributed by atoms with E-state index in [2.05, 4.69) is 5.32 Å². The molecule has 3 heteroatoms. The van der Waals surface area contributed by atoms with Crippen molar-refractivity contribution >= 4 is 0 Å².